The summed E-state index contributed by atoms with van der Waals surface area (Å²) in [6.07, 6.45) is 0. The first kappa shape index (κ1) is 16.6. The van der Waals surface area contributed by atoms with Gasteiger partial charge in [-0.1, -0.05) is 6.07 Å². The number of nitrogens with one attached hydrogen (secondary N) is 1. The number of hydrogen-bond donors (Lipinski definition) is 1. The quantitative estimate of drug-likeness (QED) is 0.831. The van der Waals surface area contributed by atoms with Crippen LogP contribution in [0.4, 0.5) is 0 Å². The van der Waals surface area contributed by atoms with Crippen LogP contribution in [-0.4, -0.2) is 51.4 Å². The van der Waals surface area contributed by atoms with Crippen molar-refractivity contribution in [3.63, 3.8) is 0 Å². The topological polar surface area (TPSA) is 52.7 Å². The van der Waals surface area contributed by atoms with Crippen LogP contribution in [0, 0.1) is 0 Å². The molecular weight excluding hydrogens is 282 g/mol. The van der Waals surface area contributed by atoms with E-state index in [1.165, 1.54) is 4.31 Å². The van der Waals surface area contributed by atoms with Gasteiger partial charge >= 0.3 is 0 Å². The van der Waals surface area contributed by atoms with Crippen LogP contribution in [0.2, 0.25) is 0 Å². The molecule has 0 unspecified atom stereocenters. The van der Waals surface area contributed by atoms with Crippen LogP contribution in [0.5, 0.6) is 0 Å². The number of thiophene rings is 1. The van der Waals surface area contributed by atoms with E-state index < -0.39 is 10.2 Å². The highest BCUT2D eigenvalue weighted by Crippen LogP contribution is 2.22. The summed E-state index contributed by atoms with van der Waals surface area (Å²) in [5.74, 6) is 0. The zero-order chi connectivity index (χ0) is 14.6. The Bertz CT molecular complexity index is 469. The molecule has 1 atom stereocenters. The monoisotopic (exact) mass is 305 g/mol. The van der Waals surface area contributed by atoms with Gasteiger partial charge in [0, 0.05) is 24.5 Å². The normalized spacial score (nSPS) is 14.5. The summed E-state index contributed by atoms with van der Waals surface area (Å²) in [6, 6.07) is 3.99. The Kier molecular flexibility index (Phi) is 5.94. The van der Waals surface area contributed by atoms with Crippen molar-refractivity contribution in [2.24, 2.45) is 0 Å². The second kappa shape index (κ2) is 6.81. The van der Waals surface area contributed by atoms with Crippen molar-refractivity contribution in [3.8, 4) is 0 Å². The van der Waals surface area contributed by atoms with E-state index >= 15 is 0 Å². The van der Waals surface area contributed by atoms with Gasteiger partial charge in [-0.2, -0.15) is 12.7 Å². The number of nitrogens with zero attached hydrogens (tertiary/aromatic N) is 2. The first-order chi connectivity index (χ1) is 8.75. The summed E-state index contributed by atoms with van der Waals surface area (Å²) >= 11 is 1.63. The summed E-state index contributed by atoms with van der Waals surface area (Å²) in [5, 5.41) is 2.00. The van der Waals surface area contributed by atoms with E-state index in [4.69, 9.17) is 0 Å². The van der Waals surface area contributed by atoms with E-state index in [-0.39, 0.29) is 12.1 Å². The Morgan fingerprint density at radius 1 is 1.32 bits per heavy atom. The third-order valence-electron chi connectivity index (χ3n) is 3.06. The zero-order valence-corrected chi connectivity index (χ0v) is 13.8. The minimum Gasteiger partial charge on any atom is -0.300 e. The minimum atomic E-state index is -3.42. The third kappa shape index (κ3) is 4.54. The molecule has 0 aromatic carbocycles. The lowest BCUT2D eigenvalue weighted by atomic mass is 10.2. The first-order valence-electron chi connectivity index (χ1n) is 6.18. The fraction of sp³-hybridized carbons (Fsp3) is 0.667. The average molecular weight is 305 g/mol. The molecule has 0 amide bonds. The Hall–Kier alpha value is -0.470. The molecule has 110 valence electrons. The lowest BCUT2D eigenvalue weighted by molar-refractivity contribution is 0.300. The molecule has 0 spiro atoms. The van der Waals surface area contributed by atoms with Gasteiger partial charge in [-0.25, -0.2) is 4.72 Å². The molecule has 0 saturated carbocycles. The SMILES string of the molecule is CC(C)N(C)S(=O)(=O)NC[C@H](c1cccs1)N(C)C. The van der Waals surface area contributed by atoms with Crippen molar-refractivity contribution in [3.05, 3.63) is 22.4 Å². The molecular formula is C12H23N3O2S2. The van der Waals surface area contributed by atoms with Gasteiger partial charge < -0.3 is 4.90 Å². The highest BCUT2D eigenvalue weighted by molar-refractivity contribution is 7.87. The first-order valence-corrected chi connectivity index (χ1v) is 8.50. The van der Waals surface area contributed by atoms with Crippen molar-refractivity contribution >= 4 is 21.5 Å². The summed E-state index contributed by atoms with van der Waals surface area (Å²) in [7, 11) is 2.07. The highest BCUT2D eigenvalue weighted by atomic mass is 32.2. The molecule has 1 N–H and O–H groups in total. The molecule has 1 aromatic heterocycles. The van der Waals surface area contributed by atoms with Crippen molar-refractivity contribution in [2.45, 2.75) is 25.9 Å². The van der Waals surface area contributed by atoms with Gasteiger partial charge in [0.05, 0.1) is 6.04 Å². The molecule has 0 aliphatic rings. The molecule has 0 bridgehead atoms. The summed E-state index contributed by atoms with van der Waals surface area (Å²) in [5.41, 5.74) is 0. The second-order valence-electron chi connectivity index (χ2n) is 4.96. The van der Waals surface area contributed by atoms with E-state index in [2.05, 4.69) is 4.72 Å². The van der Waals surface area contributed by atoms with Gasteiger partial charge in [-0.15, -0.1) is 11.3 Å². The number of hydrogen-bond acceptors (Lipinski definition) is 4. The van der Waals surface area contributed by atoms with Gasteiger partial charge in [0.25, 0.3) is 10.2 Å². The van der Waals surface area contributed by atoms with Gasteiger partial charge in [0.1, 0.15) is 0 Å². The molecule has 0 saturated heterocycles. The molecule has 7 heteroatoms. The van der Waals surface area contributed by atoms with Crippen LogP contribution in [0.3, 0.4) is 0 Å². The van der Waals surface area contributed by atoms with Crippen molar-refractivity contribution < 1.29 is 8.42 Å². The van der Waals surface area contributed by atoms with E-state index in [1.54, 1.807) is 18.4 Å². The van der Waals surface area contributed by atoms with Crippen LogP contribution >= 0.6 is 11.3 Å². The number of rotatable bonds is 7. The molecule has 1 rings (SSSR count). The standard InChI is InChI=1S/C12H23N3O2S2/c1-10(2)15(5)19(16,17)13-9-11(14(3)4)12-7-6-8-18-12/h6-8,10-11,13H,9H2,1-5H3/t11-/m1/s1. The molecule has 1 heterocycles. The minimum absolute atomic E-state index is 0.0512. The van der Waals surface area contributed by atoms with Crippen LogP contribution in [0.25, 0.3) is 0 Å². The van der Waals surface area contributed by atoms with E-state index in [9.17, 15) is 8.42 Å². The Morgan fingerprint density at radius 2 is 1.95 bits per heavy atom. The smallest absolute Gasteiger partial charge is 0.279 e. The number of likely N-dealkylation sites (N-methyl/N-ethyl adjacent to an activating group) is 1. The molecule has 19 heavy (non-hydrogen) atoms. The van der Waals surface area contributed by atoms with Crippen molar-refractivity contribution in [2.75, 3.05) is 27.7 Å². The fourth-order valence-corrected chi connectivity index (χ4v) is 3.63. The van der Waals surface area contributed by atoms with E-state index in [0.29, 0.717) is 6.54 Å². The summed E-state index contributed by atoms with van der Waals surface area (Å²) < 4.78 is 28.2. The van der Waals surface area contributed by atoms with Gasteiger partial charge in [0.2, 0.25) is 0 Å². The maximum absolute atomic E-state index is 12.1. The molecule has 0 aliphatic carbocycles. The molecule has 1 aromatic rings. The van der Waals surface area contributed by atoms with Crippen molar-refractivity contribution in [1.82, 2.24) is 13.9 Å². The lowest BCUT2D eigenvalue weighted by Gasteiger charge is -2.26. The maximum atomic E-state index is 12.1. The lowest BCUT2D eigenvalue weighted by Crippen LogP contribution is -2.44. The largest absolute Gasteiger partial charge is 0.300 e. The Morgan fingerprint density at radius 3 is 2.37 bits per heavy atom. The summed E-state index contributed by atoms with van der Waals surface area (Å²) in [4.78, 5) is 3.17. The molecule has 0 fully saturated rings. The van der Waals surface area contributed by atoms with Crippen molar-refractivity contribution in [1.29, 1.82) is 0 Å². The van der Waals surface area contributed by atoms with Crippen LogP contribution in [-0.2, 0) is 10.2 Å². The van der Waals surface area contributed by atoms with Gasteiger partial charge in [-0.05, 0) is 39.4 Å². The summed E-state index contributed by atoms with van der Waals surface area (Å²) in [6.45, 7) is 4.07. The highest BCUT2D eigenvalue weighted by Gasteiger charge is 2.23. The fourth-order valence-electron chi connectivity index (χ4n) is 1.58. The van der Waals surface area contributed by atoms with Gasteiger partial charge in [-0.3, -0.25) is 0 Å². The van der Waals surface area contributed by atoms with E-state index in [1.807, 2.05) is 50.4 Å². The zero-order valence-electron chi connectivity index (χ0n) is 12.1. The van der Waals surface area contributed by atoms with Crippen LogP contribution in [0.15, 0.2) is 17.5 Å². The third-order valence-corrected chi connectivity index (χ3v) is 5.75. The molecule has 0 aliphatic heterocycles. The molecule has 5 nitrogen and oxygen atoms in total. The Balaban J connectivity index is 2.73. The predicted octanol–water partition coefficient (Wildman–Crippen LogP) is 1.53. The molecule has 0 radical (unpaired) electrons. The Labute approximate surface area is 120 Å². The maximum Gasteiger partial charge on any atom is 0.279 e. The van der Waals surface area contributed by atoms with Crippen LogP contribution in [0.1, 0.15) is 24.8 Å². The average Bonchev–Trinajstić information content (AvgIpc) is 2.81. The van der Waals surface area contributed by atoms with E-state index in [0.717, 1.165) is 4.88 Å². The predicted molar refractivity (Wildman–Crippen MR) is 80.6 cm³/mol. The van der Waals surface area contributed by atoms with Gasteiger partial charge in [0.15, 0.2) is 0 Å². The van der Waals surface area contributed by atoms with Crippen LogP contribution < -0.4 is 4.72 Å². The second-order valence-corrected chi connectivity index (χ2v) is 7.75.